The molecule has 5 heteroatoms. The van der Waals surface area contributed by atoms with Crippen LogP contribution < -0.4 is 0 Å². The van der Waals surface area contributed by atoms with Crippen molar-refractivity contribution >= 4 is 11.8 Å². The van der Waals surface area contributed by atoms with E-state index in [1.54, 1.807) is 11.8 Å². The van der Waals surface area contributed by atoms with Crippen molar-refractivity contribution < 1.29 is 0 Å². The van der Waals surface area contributed by atoms with Gasteiger partial charge in [-0.15, -0.1) is 0 Å². The lowest BCUT2D eigenvalue weighted by Gasteiger charge is -2.12. The van der Waals surface area contributed by atoms with Crippen molar-refractivity contribution in [1.82, 2.24) is 19.1 Å². The van der Waals surface area contributed by atoms with Crippen molar-refractivity contribution in [2.45, 2.75) is 32.0 Å². The minimum Gasteiger partial charge on any atom is -0.333 e. The average molecular weight is 340 g/mol. The molecular weight excluding hydrogens is 316 g/mol. The Morgan fingerprint density at radius 2 is 1.92 bits per heavy atom. The van der Waals surface area contributed by atoms with Crippen molar-refractivity contribution in [3.63, 3.8) is 0 Å². The molecule has 24 heavy (non-hydrogen) atoms. The number of aromatic nitrogens is 4. The smallest absolute Gasteiger partial charge is 0.167 e. The first-order chi connectivity index (χ1) is 11.6. The summed E-state index contributed by atoms with van der Waals surface area (Å²) in [6.45, 7) is 5.46. The highest BCUT2D eigenvalue weighted by Crippen LogP contribution is 2.25. The standard InChI is InChI=1S/C19H24N4S/c1-15(2)13-17-18(16-7-5-4-6-8-16)21-14-23(17)11-12-24-19-20-9-10-22(19)3/h4-10,14-15H,11-13H2,1-3H3. The zero-order valence-electron chi connectivity index (χ0n) is 14.5. The first-order valence-electron chi connectivity index (χ1n) is 8.34. The molecule has 0 aliphatic heterocycles. The number of benzene rings is 1. The third kappa shape index (κ3) is 3.90. The molecule has 3 rings (SSSR count). The van der Waals surface area contributed by atoms with Crippen molar-refractivity contribution in [3.05, 3.63) is 54.7 Å². The minimum absolute atomic E-state index is 0.602. The van der Waals surface area contributed by atoms with E-state index in [0.717, 1.165) is 29.6 Å². The van der Waals surface area contributed by atoms with Gasteiger partial charge in [0.15, 0.2) is 5.16 Å². The summed E-state index contributed by atoms with van der Waals surface area (Å²) in [4.78, 5) is 9.08. The molecule has 2 aromatic heterocycles. The molecule has 0 amide bonds. The Bertz CT molecular complexity index is 774. The van der Waals surface area contributed by atoms with Gasteiger partial charge in [0.1, 0.15) is 0 Å². The number of aryl methyl sites for hydroxylation is 2. The number of rotatable bonds is 7. The molecule has 126 valence electrons. The lowest BCUT2D eigenvalue weighted by molar-refractivity contribution is 0.600. The van der Waals surface area contributed by atoms with Crippen molar-refractivity contribution in [1.29, 1.82) is 0 Å². The van der Waals surface area contributed by atoms with E-state index in [1.807, 2.05) is 31.8 Å². The van der Waals surface area contributed by atoms with Crippen LogP contribution in [-0.2, 0) is 20.0 Å². The van der Waals surface area contributed by atoms with Crippen LogP contribution >= 0.6 is 11.8 Å². The number of nitrogens with zero attached hydrogens (tertiary/aromatic N) is 4. The summed E-state index contributed by atoms with van der Waals surface area (Å²) in [5.74, 6) is 1.59. The Morgan fingerprint density at radius 1 is 1.12 bits per heavy atom. The quantitative estimate of drug-likeness (QED) is 0.602. The van der Waals surface area contributed by atoms with Gasteiger partial charge in [-0.1, -0.05) is 55.9 Å². The van der Waals surface area contributed by atoms with Gasteiger partial charge in [0, 0.05) is 43.0 Å². The van der Waals surface area contributed by atoms with E-state index in [2.05, 4.69) is 52.2 Å². The van der Waals surface area contributed by atoms with Crippen LogP contribution in [0.2, 0.25) is 0 Å². The molecule has 0 fully saturated rings. The molecule has 4 nitrogen and oxygen atoms in total. The molecular formula is C19H24N4S. The second-order valence-corrected chi connectivity index (χ2v) is 7.43. The van der Waals surface area contributed by atoms with E-state index in [-0.39, 0.29) is 0 Å². The SMILES string of the molecule is CC(C)Cc1c(-c2ccccc2)ncn1CCSc1nccn1C. The first kappa shape index (κ1) is 16.8. The van der Waals surface area contributed by atoms with Gasteiger partial charge in [-0.05, 0) is 12.3 Å². The Hall–Kier alpha value is -2.01. The van der Waals surface area contributed by atoms with Gasteiger partial charge in [-0.2, -0.15) is 0 Å². The van der Waals surface area contributed by atoms with Gasteiger partial charge in [0.05, 0.1) is 12.0 Å². The number of hydrogen-bond acceptors (Lipinski definition) is 3. The van der Waals surface area contributed by atoms with E-state index >= 15 is 0 Å². The third-order valence-corrected chi connectivity index (χ3v) is 4.97. The maximum Gasteiger partial charge on any atom is 0.167 e. The van der Waals surface area contributed by atoms with Gasteiger partial charge in [-0.3, -0.25) is 0 Å². The van der Waals surface area contributed by atoms with Crippen LogP contribution in [0.15, 0.2) is 54.2 Å². The summed E-state index contributed by atoms with van der Waals surface area (Å²) in [6, 6.07) is 10.5. The van der Waals surface area contributed by atoms with Crippen LogP contribution in [-0.4, -0.2) is 24.9 Å². The largest absolute Gasteiger partial charge is 0.333 e. The first-order valence-corrected chi connectivity index (χ1v) is 9.33. The fraction of sp³-hybridized carbons (Fsp3) is 0.368. The molecule has 0 saturated heterocycles. The van der Waals surface area contributed by atoms with Crippen LogP contribution in [0.3, 0.4) is 0 Å². The van der Waals surface area contributed by atoms with Gasteiger partial charge in [-0.25, -0.2) is 9.97 Å². The second-order valence-electron chi connectivity index (χ2n) is 6.37. The molecule has 0 bridgehead atoms. The van der Waals surface area contributed by atoms with Crippen LogP contribution in [0.4, 0.5) is 0 Å². The predicted octanol–water partition coefficient (Wildman–Crippen LogP) is 4.27. The summed E-state index contributed by atoms with van der Waals surface area (Å²) in [5.41, 5.74) is 3.64. The number of imidazole rings is 2. The summed E-state index contributed by atoms with van der Waals surface area (Å²) >= 11 is 1.78. The summed E-state index contributed by atoms with van der Waals surface area (Å²) in [6.07, 6.45) is 6.85. The summed E-state index contributed by atoms with van der Waals surface area (Å²) in [5, 5.41) is 1.06. The van der Waals surface area contributed by atoms with Crippen molar-refractivity contribution in [2.24, 2.45) is 13.0 Å². The maximum absolute atomic E-state index is 4.71. The molecule has 0 aliphatic rings. The van der Waals surface area contributed by atoms with Gasteiger partial charge in [0.2, 0.25) is 0 Å². The van der Waals surface area contributed by atoms with Crippen LogP contribution in [0.5, 0.6) is 0 Å². The minimum atomic E-state index is 0.602. The highest BCUT2D eigenvalue weighted by atomic mass is 32.2. The molecule has 0 saturated carbocycles. The van der Waals surface area contributed by atoms with Gasteiger partial charge in [0.25, 0.3) is 0 Å². The Balaban J connectivity index is 1.77. The highest BCUT2D eigenvalue weighted by Gasteiger charge is 2.14. The molecule has 1 aromatic carbocycles. The van der Waals surface area contributed by atoms with Crippen molar-refractivity contribution in [3.8, 4) is 11.3 Å². The monoisotopic (exact) mass is 340 g/mol. The average Bonchev–Trinajstić information content (AvgIpc) is 3.15. The molecule has 0 unspecified atom stereocenters. The molecule has 2 heterocycles. The summed E-state index contributed by atoms with van der Waals surface area (Å²) in [7, 11) is 2.03. The Morgan fingerprint density at radius 3 is 2.58 bits per heavy atom. The van der Waals surface area contributed by atoms with Gasteiger partial charge >= 0.3 is 0 Å². The fourth-order valence-electron chi connectivity index (χ4n) is 2.76. The van der Waals surface area contributed by atoms with E-state index in [9.17, 15) is 0 Å². The highest BCUT2D eigenvalue weighted by molar-refractivity contribution is 7.99. The second kappa shape index (κ2) is 7.71. The lowest BCUT2D eigenvalue weighted by atomic mass is 10.0. The molecule has 0 radical (unpaired) electrons. The summed E-state index contributed by atoms with van der Waals surface area (Å²) < 4.78 is 4.36. The molecule has 3 aromatic rings. The number of hydrogen-bond donors (Lipinski definition) is 0. The fourth-order valence-corrected chi connectivity index (χ4v) is 3.63. The van der Waals surface area contributed by atoms with E-state index in [1.165, 1.54) is 11.3 Å². The topological polar surface area (TPSA) is 35.6 Å². The Kier molecular flexibility index (Phi) is 5.41. The molecule has 0 N–H and O–H groups in total. The number of thioether (sulfide) groups is 1. The Labute approximate surface area is 148 Å². The van der Waals surface area contributed by atoms with E-state index in [0.29, 0.717) is 5.92 Å². The van der Waals surface area contributed by atoms with Gasteiger partial charge < -0.3 is 9.13 Å². The predicted molar refractivity (Wildman–Crippen MR) is 100 cm³/mol. The lowest BCUT2D eigenvalue weighted by Crippen LogP contribution is -2.08. The van der Waals surface area contributed by atoms with Crippen molar-refractivity contribution in [2.75, 3.05) is 5.75 Å². The van der Waals surface area contributed by atoms with Crippen LogP contribution in [0.1, 0.15) is 19.5 Å². The zero-order chi connectivity index (χ0) is 16.9. The third-order valence-electron chi connectivity index (χ3n) is 3.94. The maximum atomic E-state index is 4.71. The van der Waals surface area contributed by atoms with E-state index < -0.39 is 0 Å². The molecule has 0 spiro atoms. The van der Waals surface area contributed by atoms with E-state index in [4.69, 9.17) is 4.98 Å². The molecule has 0 atom stereocenters. The van der Waals surface area contributed by atoms with Crippen LogP contribution in [0.25, 0.3) is 11.3 Å². The zero-order valence-corrected chi connectivity index (χ0v) is 15.3. The molecule has 0 aliphatic carbocycles. The normalized spacial score (nSPS) is 11.3. The van der Waals surface area contributed by atoms with Crippen LogP contribution in [0, 0.1) is 5.92 Å².